The van der Waals surface area contributed by atoms with Crippen molar-refractivity contribution in [3.05, 3.63) is 29.9 Å². The summed E-state index contributed by atoms with van der Waals surface area (Å²) < 4.78 is 0. The van der Waals surface area contributed by atoms with Gasteiger partial charge in [-0.05, 0) is 12.1 Å². The van der Waals surface area contributed by atoms with E-state index in [-0.39, 0.29) is 0 Å². The molecule has 35 valence electrons. The first kappa shape index (κ1) is 4.12. The normalized spacial score (nSPS) is 8.57. The van der Waals surface area contributed by atoms with Gasteiger partial charge in [-0.3, -0.25) is 0 Å². The average Bonchev–Trinajstić information content (AvgIpc) is 1.69. The minimum absolute atomic E-state index is 0.291. The predicted molar refractivity (Wildman–Crippen MR) is 26.1 cm³/mol. The fourth-order valence-corrected chi connectivity index (χ4v) is 0.378. The second kappa shape index (κ2) is 1.60. The molecule has 0 saturated carbocycles. The van der Waals surface area contributed by atoms with Crippen LogP contribution in [0.1, 0.15) is 0 Å². The molecule has 0 aliphatic carbocycles. The molecule has 0 unspecified atom stereocenters. The fourth-order valence-electron chi connectivity index (χ4n) is 0.378. The second-order valence-electron chi connectivity index (χ2n) is 1.26. The number of nitrogens with zero attached hydrogens (tertiary/aromatic N) is 1. The van der Waals surface area contributed by atoms with E-state index in [1.165, 1.54) is 0 Å². The van der Waals surface area contributed by atoms with Crippen molar-refractivity contribution in [3.63, 3.8) is 0 Å². The SMILES string of the molecule is [N]=c1cc[nH]cc1. The van der Waals surface area contributed by atoms with Gasteiger partial charge in [0.15, 0.2) is 0 Å². The smallest absolute Gasteiger partial charge is 0.0886 e. The van der Waals surface area contributed by atoms with Gasteiger partial charge in [0.1, 0.15) is 0 Å². The minimum atomic E-state index is 0.291. The largest absolute Gasteiger partial charge is 0.367 e. The number of hydrogen-bond acceptors (Lipinski definition) is 0. The molecule has 0 bridgehead atoms. The number of hydrogen-bond donors (Lipinski definition) is 1. The number of nitrogens with one attached hydrogen (secondary N) is 1. The molecule has 1 aromatic rings. The van der Waals surface area contributed by atoms with Gasteiger partial charge >= 0.3 is 0 Å². The Morgan fingerprint density at radius 3 is 2.14 bits per heavy atom. The first-order chi connectivity index (χ1) is 3.39. The number of aromatic amines is 1. The molecule has 0 aromatic carbocycles. The van der Waals surface area contributed by atoms with Crippen molar-refractivity contribution >= 4 is 0 Å². The monoisotopic (exact) mass is 93.0 g/mol. The third-order valence-electron chi connectivity index (χ3n) is 0.701. The molecule has 0 spiro atoms. The molecule has 0 fully saturated rings. The lowest BCUT2D eigenvalue weighted by atomic mass is 10.5. The molecule has 0 saturated heterocycles. The summed E-state index contributed by atoms with van der Waals surface area (Å²) in [5.74, 6) is 0. The standard InChI is InChI=1S/C5H5N2/c6-5-1-3-7-4-2-5/h1-4,7H. The Kier molecular flexibility index (Phi) is 0.941. The van der Waals surface area contributed by atoms with E-state index in [1.807, 2.05) is 0 Å². The quantitative estimate of drug-likeness (QED) is 0.458. The Morgan fingerprint density at radius 2 is 1.86 bits per heavy atom. The Morgan fingerprint density at radius 1 is 1.29 bits per heavy atom. The van der Waals surface area contributed by atoms with Crippen LogP contribution in [-0.4, -0.2) is 4.98 Å². The van der Waals surface area contributed by atoms with Gasteiger partial charge in [0.05, 0.1) is 5.36 Å². The van der Waals surface area contributed by atoms with Crippen molar-refractivity contribution in [3.8, 4) is 0 Å². The number of pyridine rings is 1. The lowest BCUT2D eigenvalue weighted by Gasteiger charge is -1.75. The molecule has 0 atom stereocenters. The molecule has 1 radical (unpaired) electrons. The molecule has 7 heavy (non-hydrogen) atoms. The van der Waals surface area contributed by atoms with Gasteiger partial charge < -0.3 is 4.98 Å². The summed E-state index contributed by atoms with van der Waals surface area (Å²) in [4.78, 5) is 2.77. The highest BCUT2D eigenvalue weighted by atomic mass is 14.6. The topological polar surface area (TPSA) is 38.1 Å². The molecule has 0 aliphatic heterocycles. The Hall–Kier alpha value is -1.05. The lowest BCUT2D eigenvalue weighted by Crippen LogP contribution is -1.97. The molecule has 0 aliphatic rings. The van der Waals surface area contributed by atoms with Crippen LogP contribution in [0.25, 0.3) is 0 Å². The molecule has 1 aromatic heterocycles. The maximum atomic E-state index is 8.61. The van der Waals surface area contributed by atoms with Crippen LogP contribution in [0.3, 0.4) is 0 Å². The van der Waals surface area contributed by atoms with Crippen LogP contribution in [0, 0.1) is 0 Å². The van der Waals surface area contributed by atoms with E-state index < -0.39 is 0 Å². The second-order valence-corrected chi connectivity index (χ2v) is 1.26. The molecule has 2 nitrogen and oxygen atoms in total. The summed E-state index contributed by atoms with van der Waals surface area (Å²) in [6.45, 7) is 0. The molecule has 1 N–H and O–H groups in total. The highest BCUT2D eigenvalue weighted by molar-refractivity contribution is 4.87. The Balaban J connectivity index is 3.28. The summed E-state index contributed by atoms with van der Waals surface area (Å²) in [6, 6.07) is 3.17. The molecule has 1 heterocycles. The van der Waals surface area contributed by atoms with Gasteiger partial charge in [0.2, 0.25) is 0 Å². The molecular formula is C5H5N2. The first-order valence-electron chi connectivity index (χ1n) is 2.04. The average molecular weight is 93.1 g/mol. The molecular weight excluding hydrogens is 88.1 g/mol. The molecule has 0 amide bonds. The van der Waals surface area contributed by atoms with Crippen molar-refractivity contribution in [2.45, 2.75) is 0 Å². The number of H-pyrrole nitrogens is 1. The van der Waals surface area contributed by atoms with Gasteiger partial charge in [-0.1, -0.05) is 0 Å². The van der Waals surface area contributed by atoms with Crippen molar-refractivity contribution in [2.24, 2.45) is 0 Å². The van der Waals surface area contributed by atoms with Crippen LogP contribution in [0.5, 0.6) is 0 Å². The van der Waals surface area contributed by atoms with Crippen LogP contribution >= 0.6 is 0 Å². The highest BCUT2D eigenvalue weighted by Crippen LogP contribution is 1.62. The van der Waals surface area contributed by atoms with Crippen LogP contribution in [0.15, 0.2) is 24.5 Å². The van der Waals surface area contributed by atoms with Crippen molar-refractivity contribution in [2.75, 3.05) is 0 Å². The van der Waals surface area contributed by atoms with Crippen LogP contribution in [-0.2, 0) is 0 Å². The van der Waals surface area contributed by atoms with E-state index in [4.69, 9.17) is 5.41 Å². The third-order valence-corrected chi connectivity index (χ3v) is 0.701. The summed E-state index contributed by atoms with van der Waals surface area (Å²) >= 11 is 0. The van der Waals surface area contributed by atoms with E-state index in [9.17, 15) is 0 Å². The van der Waals surface area contributed by atoms with Crippen LogP contribution in [0.2, 0.25) is 0 Å². The Bertz CT molecular complexity index is 172. The zero-order valence-corrected chi connectivity index (χ0v) is 3.76. The zero-order valence-electron chi connectivity index (χ0n) is 3.76. The van der Waals surface area contributed by atoms with E-state index >= 15 is 0 Å². The third kappa shape index (κ3) is 0.892. The highest BCUT2D eigenvalue weighted by Gasteiger charge is 1.67. The van der Waals surface area contributed by atoms with Gasteiger partial charge in [0, 0.05) is 12.4 Å². The van der Waals surface area contributed by atoms with Crippen molar-refractivity contribution in [1.29, 1.82) is 0 Å². The summed E-state index contributed by atoms with van der Waals surface area (Å²) in [5.41, 5.74) is 0. The van der Waals surface area contributed by atoms with Gasteiger partial charge in [-0.15, -0.1) is 0 Å². The number of rotatable bonds is 0. The van der Waals surface area contributed by atoms with Crippen molar-refractivity contribution in [1.82, 2.24) is 10.4 Å². The number of aromatic nitrogens is 1. The van der Waals surface area contributed by atoms with Crippen LogP contribution in [0.4, 0.5) is 0 Å². The van der Waals surface area contributed by atoms with Gasteiger partial charge in [-0.25, -0.2) is 0 Å². The molecule has 2 heteroatoms. The van der Waals surface area contributed by atoms with Gasteiger partial charge in [0.25, 0.3) is 0 Å². The summed E-state index contributed by atoms with van der Waals surface area (Å²) in [6.07, 6.45) is 3.32. The Labute approximate surface area is 41.3 Å². The van der Waals surface area contributed by atoms with E-state index in [0.29, 0.717) is 5.36 Å². The predicted octanol–water partition coefficient (Wildman–Crippen LogP) is -0.284. The maximum absolute atomic E-state index is 8.61. The zero-order chi connectivity index (χ0) is 5.11. The maximum Gasteiger partial charge on any atom is 0.0886 e. The van der Waals surface area contributed by atoms with E-state index in [0.717, 1.165) is 0 Å². The van der Waals surface area contributed by atoms with E-state index in [2.05, 4.69) is 4.98 Å². The molecule has 1 rings (SSSR count). The minimum Gasteiger partial charge on any atom is -0.367 e. The lowest BCUT2D eigenvalue weighted by molar-refractivity contribution is 1.27. The van der Waals surface area contributed by atoms with E-state index in [1.54, 1.807) is 24.5 Å². The van der Waals surface area contributed by atoms with Gasteiger partial charge in [-0.2, -0.15) is 5.41 Å². The summed E-state index contributed by atoms with van der Waals surface area (Å²) in [5, 5.41) is 8.90. The fraction of sp³-hybridized carbons (Fsp3) is 0. The first-order valence-corrected chi connectivity index (χ1v) is 2.04. The summed E-state index contributed by atoms with van der Waals surface area (Å²) in [7, 11) is 0. The van der Waals surface area contributed by atoms with Crippen LogP contribution < -0.4 is 10.8 Å². The van der Waals surface area contributed by atoms with Crippen molar-refractivity contribution < 1.29 is 0 Å².